The van der Waals surface area contributed by atoms with Gasteiger partial charge in [-0.05, 0) is 20.8 Å². The first-order chi connectivity index (χ1) is 4.24. The summed E-state index contributed by atoms with van der Waals surface area (Å²) in [4.78, 5) is 0. The number of hydrogen-bond acceptors (Lipinski definition) is 3. The zero-order valence-electron chi connectivity index (χ0n) is 7.34. The van der Waals surface area contributed by atoms with E-state index in [2.05, 4.69) is 0 Å². The largest absolute Gasteiger partial charge is 1.00 e. The van der Waals surface area contributed by atoms with E-state index in [-0.39, 0.29) is 53.9 Å². The van der Waals surface area contributed by atoms with Gasteiger partial charge in [0.15, 0.2) is 0 Å². The topological polar surface area (TPSA) is 60.7 Å². The summed E-state index contributed by atoms with van der Waals surface area (Å²) in [6.45, 7) is 5.79. The van der Waals surface area contributed by atoms with Crippen LogP contribution < -0.4 is 12.4 Å². The molecule has 5 heteroatoms. The Balaban J connectivity index is -0.0000000150. The molecular formula is C6H18ClO3Ti-. The summed E-state index contributed by atoms with van der Waals surface area (Å²) >= 11 is 0. The van der Waals surface area contributed by atoms with Crippen molar-refractivity contribution in [2.45, 2.75) is 20.8 Å². The van der Waals surface area contributed by atoms with Gasteiger partial charge in [-0.25, -0.2) is 0 Å². The Labute approximate surface area is 90.1 Å². The van der Waals surface area contributed by atoms with Gasteiger partial charge in [0.25, 0.3) is 0 Å². The van der Waals surface area contributed by atoms with E-state index in [1.54, 1.807) is 20.8 Å². The van der Waals surface area contributed by atoms with Crippen molar-refractivity contribution in [3.63, 3.8) is 0 Å². The predicted octanol–water partition coefficient (Wildman–Crippen LogP) is -3.00. The predicted molar refractivity (Wildman–Crippen MR) is 38.3 cm³/mol. The van der Waals surface area contributed by atoms with Gasteiger partial charge < -0.3 is 27.7 Å². The minimum atomic E-state index is 0. The van der Waals surface area contributed by atoms with Crippen molar-refractivity contribution < 1.29 is 49.4 Å². The molecule has 11 heavy (non-hydrogen) atoms. The minimum absolute atomic E-state index is 0. The van der Waals surface area contributed by atoms with Crippen molar-refractivity contribution in [1.29, 1.82) is 0 Å². The van der Waals surface area contributed by atoms with Crippen molar-refractivity contribution in [3.05, 3.63) is 0 Å². The second kappa shape index (κ2) is 70.5. The van der Waals surface area contributed by atoms with E-state index in [9.17, 15) is 0 Å². The van der Waals surface area contributed by atoms with Crippen LogP contribution in [0.1, 0.15) is 20.8 Å². The van der Waals surface area contributed by atoms with Crippen LogP contribution in [0.25, 0.3) is 0 Å². The maximum absolute atomic E-state index is 7.57. The summed E-state index contributed by atoms with van der Waals surface area (Å²) in [6, 6.07) is 0. The average molecular weight is 222 g/mol. The number of aliphatic hydroxyl groups excluding tert-OH is 3. The fourth-order valence-corrected chi connectivity index (χ4v) is 0. The molecule has 0 aliphatic rings. The molecule has 0 aliphatic carbocycles. The van der Waals surface area contributed by atoms with Gasteiger partial charge in [0, 0.05) is 41.5 Å². The van der Waals surface area contributed by atoms with Gasteiger partial charge in [0.1, 0.15) is 0 Å². The van der Waals surface area contributed by atoms with Crippen molar-refractivity contribution in [2.24, 2.45) is 0 Å². The van der Waals surface area contributed by atoms with E-state index in [1.165, 1.54) is 0 Å². The molecule has 0 amide bonds. The molecule has 0 aromatic carbocycles. The molecule has 0 unspecified atom stereocenters. The monoisotopic (exact) mass is 221 g/mol. The molecule has 0 radical (unpaired) electrons. The third-order valence-electron chi connectivity index (χ3n) is 0. The zero-order chi connectivity index (χ0) is 8.12. The van der Waals surface area contributed by atoms with Gasteiger partial charge in [0.05, 0.1) is 0 Å². The number of rotatable bonds is 0. The van der Waals surface area contributed by atoms with Crippen LogP contribution in [0.15, 0.2) is 0 Å². The first kappa shape index (κ1) is 29.7. The Morgan fingerprint density at radius 3 is 0.727 bits per heavy atom. The molecule has 0 aromatic rings. The van der Waals surface area contributed by atoms with Gasteiger partial charge >= 0.3 is 0 Å². The average Bonchev–Trinajstić information content (AvgIpc) is 1.70. The molecule has 3 nitrogen and oxygen atoms in total. The molecule has 0 atom stereocenters. The first-order valence-electron chi connectivity index (χ1n) is 3.07. The Bertz CT molecular complexity index is 22.5. The van der Waals surface area contributed by atoms with Crippen molar-refractivity contribution in [3.8, 4) is 0 Å². The summed E-state index contributed by atoms with van der Waals surface area (Å²) in [6.07, 6.45) is 0. The number of halogens is 1. The normalized spacial score (nSPS) is 4.91. The Morgan fingerprint density at radius 1 is 0.727 bits per heavy atom. The second-order valence-corrected chi connectivity index (χ2v) is 0.949. The van der Waals surface area contributed by atoms with E-state index < -0.39 is 0 Å². The molecule has 0 fully saturated rings. The van der Waals surface area contributed by atoms with E-state index in [0.29, 0.717) is 0 Å². The van der Waals surface area contributed by atoms with Gasteiger partial charge in [0.2, 0.25) is 0 Å². The molecule has 0 aliphatic heterocycles. The maximum atomic E-state index is 7.57. The van der Waals surface area contributed by atoms with Crippen LogP contribution in [0.3, 0.4) is 0 Å². The van der Waals surface area contributed by atoms with Crippen LogP contribution in [0.2, 0.25) is 0 Å². The third-order valence-corrected chi connectivity index (χ3v) is 0. The summed E-state index contributed by atoms with van der Waals surface area (Å²) in [7, 11) is 0. The maximum Gasteiger partial charge on any atom is 0.0402 e. The fourth-order valence-electron chi connectivity index (χ4n) is 0. The summed E-state index contributed by atoms with van der Waals surface area (Å²) in [5.74, 6) is 0. The molecular weight excluding hydrogens is 203 g/mol. The molecule has 0 spiro atoms. The smallest absolute Gasteiger partial charge is 0.0402 e. The van der Waals surface area contributed by atoms with Crippen molar-refractivity contribution in [2.75, 3.05) is 19.8 Å². The van der Waals surface area contributed by atoms with E-state index in [0.717, 1.165) is 0 Å². The standard InChI is InChI=1S/3C2H6O.ClH.Ti/c3*1-2-3;;/h3*3H,2H2,1H3;1H;/p-1. The van der Waals surface area contributed by atoms with Crippen molar-refractivity contribution in [1.82, 2.24) is 0 Å². The Kier molecular flexibility index (Phi) is 190. The fraction of sp³-hybridized carbons (Fsp3) is 1.00. The molecule has 0 aromatic heterocycles. The molecule has 72 valence electrons. The van der Waals surface area contributed by atoms with E-state index in [4.69, 9.17) is 15.3 Å². The van der Waals surface area contributed by atoms with Gasteiger partial charge in [-0.2, -0.15) is 0 Å². The SMILES string of the molecule is CCO.CCO.CCO.[Cl-].[Ti]. The van der Waals surface area contributed by atoms with E-state index in [1.807, 2.05) is 0 Å². The van der Waals surface area contributed by atoms with Crippen LogP contribution in [-0.4, -0.2) is 35.1 Å². The number of aliphatic hydroxyl groups is 3. The van der Waals surface area contributed by atoms with Crippen LogP contribution in [0.5, 0.6) is 0 Å². The molecule has 0 saturated carbocycles. The van der Waals surface area contributed by atoms with Gasteiger partial charge in [-0.3, -0.25) is 0 Å². The first-order valence-corrected chi connectivity index (χ1v) is 3.07. The Morgan fingerprint density at radius 2 is 0.727 bits per heavy atom. The Hall–Kier alpha value is 0.884. The summed E-state index contributed by atoms with van der Waals surface area (Å²) < 4.78 is 0. The third kappa shape index (κ3) is 1100. The zero-order valence-corrected chi connectivity index (χ0v) is 9.66. The number of hydrogen-bond donors (Lipinski definition) is 3. The summed E-state index contributed by atoms with van der Waals surface area (Å²) in [5, 5.41) is 22.7. The van der Waals surface area contributed by atoms with Crippen molar-refractivity contribution >= 4 is 0 Å². The minimum Gasteiger partial charge on any atom is -1.00 e. The van der Waals surface area contributed by atoms with E-state index >= 15 is 0 Å². The van der Waals surface area contributed by atoms with Gasteiger partial charge in [-0.1, -0.05) is 0 Å². The molecule has 0 bridgehead atoms. The summed E-state index contributed by atoms with van der Waals surface area (Å²) in [5.41, 5.74) is 0. The molecule has 0 saturated heterocycles. The molecule has 0 rings (SSSR count). The van der Waals surface area contributed by atoms with Crippen LogP contribution in [0, 0.1) is 0 Å². The molecule has 3 N–H and O–H groups in total. The molecule has 0 heterocycles. The second-order valence-electron chi connectivity index (χ2n) is 0.949. The quantitative estimate of drug-likeness (QED) is 0.382. The van der Waals surface area contributed by atoms with Crippen LogP contribution >= 0.6 is 0 Å². The van der Waals surface area contributed by atoms with Crippen LogP contribution in [-0.2, 0) is 21.7 Å². The van der Waals surface area contributed by atoms with Crippen LogP contribution in [0.4, 0.5) is 0 Å². The van der Waals surface area contributed by atoms with Gasteiger partial charge in [-0.15, -0.1) is 0 Å².